The van der Waals surface area contributed by atoms with Crippen LogP contribution in [0.1, 0.15) is 35.5 Å². The van der Waals surface area contributed by atoms with Gasteiger partial charge >= 0.3 is 0 Å². The molecule has 0 saturated carbocycles. The second-order valence-electron chi connectivity index (χ2n) is 5.29. The molecule has 0 bridgehead atoms. The van der Waals surface area contributed by atoms with E-state index < -0.39 is 0 Å². The van der Waals surface area contributed by atoms with E-state index in [-0.39, 0.29) is 11.9 Å². The van der Waals surface area contributed by atoms with Gasteiger partial charge in [-0.05, 0) is 38.8 Å². The van der Waals surface area contributed by atoms with Gasteiger partial charge in [-0.2, -0.15) is 0 Å². The van der Waals surface area contributed by atoms with Crippen molar-refractivity contribution in [2.45, 2.75) is 38.9 Å². The van der Waals surface area contributed by atoms with Crippen molar-refractivity contribution in [1.82, 2.24) is 15.3 Å². The molecular formula is C17H21N3OS. The van der Waals surface area contributed by atoms with Gasteiger partial charge in [0.2, 0.25) is 5.91 Å². The van der Waals surface area contributed by atoms with Crippen molar-refractivity contribution >= 4 is 17.7 Å². The van der Waals surface area contributed by atoms with Crippen LogP contribution in [0, 0.1) is 20.8 Å². The van der Waals surface area contributed by atoms with Crippen molar-refractivity contribution in [3.8, 4) is 0 Å². The van der Waals surface area contributed by atoms with Crippen LogP contribution in [0.2, 0.25) is 0 Å². The van der Waals surface area contributed by atoms with Crippen LogP contribution in [-0.4, -0.2) is 21.6 Å². The SMILES string of the molecule is Cc1nc(SCC(=O)N[C@@H](C)c2ccccc2)nc(C)c1C. The predicted octanol–water partition coefficient (Wildman–Crippen LogP) is 3.37. The van der Waals surface area contributed by atoms with Crippen LogP contribution in [0.4, 0.5) is 0 Å². The molecule has 1 heterocycles. The number of thioether (sulfide) groups is 1. The fourth-order valence-corrected chi connectivity index (χ4v) is 2.79. The second kappa shape index (κ2) is 7.40. The highest BCUT2D eigenvalue weighted by Crippen LogP contribution is 2.17. The highest BCUT2D eigenvalue weighted by Gasteiger charge is 2.11. The zero-order chi connectivity index (χ0) is 16.1. The highest BCUT2D eigenvalue weighted by atomic mass is 32.2. The number of rotatable bonds is 5. The molecule has 0 spiro atoms. The topological polar surface area (TPSA) is 54.9 Å². The van der Waals surface area contributed by atoms with Crippen molar-refractivity contribution in [1.29, 1.82) is 0 Å². The first-order chi connectivity index (χ1) is 10.5. The number of hydrogen-bond acceptors (Lipinski definition) is 4. The van der Waals surface area contributed by atoms with Gasteiger partial charge in [-0.15, -0.1) is 0 Å². The van der Waals surface area contributed by atoms with Gasteiger partial charge < -0.3 is 5.32 Å². The zero-order valence-electron chi connectivity index (χ0n) is 13.4. The lowest BCUT2D eigenvalue weighted by molar-refractivity contribution is -0.119. The van der Waals surface area contributed by atoms with E-state index in [0.29, 0.717) is 10.9 Å². The van der Waals surface area contributed by atoms with E-state index in [9.17, 15) is 4.79 Å². The number of nitrogens with zero attached hydrogens (tertiary/aromatic N) is 2. The number of aryl methyl sites for hydroxylation is 2. The second-order valence-corrected chi connectivity index (χ2v) is 6.23. The molecule has 22 heavy (non-hydrogen) atoms. The number of aromatic nitrogens is 2. The molecule has 0 radical (unpaired) electrons. The third kappa shape index (κ3) is 4.31. The van der Waals surface area contributed by atoms with Crippen LogP contribution < -0.4 is 5.32 Å². The largest absolute Gasteiger partial charge is 0.349 e. The van der Waals surface area contributed by atoms with Crippen LogP contribution in [0.3, 0.4) is 0 Å². The van der Waals surface area contributed by atoms with E-state index in [1.165, 1.54) is 11.8 Å². The maximum absolute atomic E-state index is 12.0. The molecule has 2 rings (SSSR count). The number of benzene rings is 1. The summed E-state index contributed by atoms with van der Waals surface area (Å²) in [5.74, 6) is 0.305. The molecule has 2 aromatic rings. The first-order valence-electron chi connectivity index (χ1n) is 7.26. The van der Waals surface area contributed by atoms with E-state index >= 15 is 0 Å². The molecule has 0 fully saturated rings. The summed E-state index contributed by atoms with van der Waals surface area (Å²) in [7, 11) is 0. The highest BCUT2D eigenvalue weighted by molar-refractivity contribution is 7.99. The fourth-order valence-electron chi connectivity index (χ4n) is 2.04. The minimum Gasteiger partial charge on any atom is -0.349 e. The zero-order valence-corrected chi connectivity index (χ0v) is 14.2. The summed E-state index contributed by atoms with van der Waals surface area (Å²) >= 11 is 1.37. The van der Waals surface area contributed by atoms with Gasteiger partial charge in [-0.1, -0.05) is 42.1 Å². The van der Waals surface area contributed by atoms with Crippen LogP contribution >= 0.6 is 11.8 Å². The number of hydrogen-bond donors (Lipinski definition) is 1. The van der Waals surface area contributed by atoms with E-state index in [1.54, 1.807) is 0 Å². The van der Waals surface area contributed by atoms with Crippen molar-refractivity contribution in [3.05, 3.63) is 52.8 Å². The predicted molar refractivity (Wildman–Crippen MR) is 90.0 cm³/mol. The first-order valence-corrected chi connectivity index (χ1v) is 8.25. The molecular weight excluding hydrogens is 294 g/mol. The maximum atomic E-state index is 12.0. The van der Waals surface area contributed by atoms with Crippen molar-refractivity contribution < 1.29 is 4.79 Å². The molecule has 5 heteroatoms. The first kappa shape index (κ1) is 16.5. The van der Waals surface area contributed by atoms with Gasteiger partial charge in [0.15, 0.2) is 5.16 Å². The molecule has 116 valence electrons. The van der Waals surface area contributed by atoms with Crippen LogP contribution in [-0.2, 0) is 4.79 Å². The van der Waals surface area contributed by atoms with Gasteiger partial charge in [-0.3, -0.25) is 4.79 Å². The number of amides is 1. The van der Waals surface area contributed by atoms with E-state index in [4.69, 9.17) is 0 Å². The van der Waals surface area contributed by atoms with Crippen molar-refractivity contribution in [2.75, 3.05) is 5.75 Å². The van der Waals surface area contributed by atoms with Gasteiger partial charge in [-0.25, -0.2) is 9.97 Å². The third-order valence-corrected chi connectivity index (χ3v) is 4.47. The Kier molecular flexibility index (Phi) is 5.55. The van der Waals surface area contributed by atoms with Gasteiger partial charge in [0, 0.05) is 11.4 Å². The quantitative estimate of drug-likeness (QED) is 0.679. The lowest BCUT2D eigenvalue weighted by Gasteiger charge is -2.14. The summed E-state index contributed by atoms with van der Waals surface area (Å²) in [6.45, 7) is 7.92. The Morgan fingerprint density at radius 2 is 1.73 bits per heavy atom. The summed E-state index contributed by atoms with van der Waals surface area (Å²) in [6, 6.07) is 9.92. The Balaban J connectivity index is 1.90. The Morgan fingerprint density at radius 3 is 2.32 bits per heavy atom. The summed E-state index contributed by atoms with van der Waals surface area (Å²) < 4.78 is 0. The number of nitrogens with one attached hydrogen (secondary N) is 1. The molecule has 4 nitrogen and oxygen atoms in total. The van der Waals surface area contributed by atoms with Crippen molar-refractivity contribution in [3.63, 3.8) is 0 Å². The Bertz CT molecular complexity index is 635. The molecule has 1 amide bonds. The summed E-state index contributed by atoms with van der Waals surface area (Å²) in [5.41, 5.74) is 4.13. The molecule has 1 N–H and O–H groups in total. The maximum Gasteiger partial charge on any atom is 0.230 e. The van der Waals surface area contributed by atoms with E-state index in [1.807, 2.05) is 58.0 Å². The molecule has 0 unspecified atom stereocenters. The Morgan fingerprint density at radius 1 is 1.14 bits per heavy atom. The molecule has 0 saturated heterocycles. The molecule has 1 atom stereocenters. The fraction of sp³-hybridized carbons (Fsp3) is 0.353. The Hall–Kier alpha value is -1.88. The molecule has 1 aromatic heterocycles. The summed E-state index contributed by atoms with van der Waals surface area (Å²) in [5, 5.41) is 3.65. The summed E-state index contributed by atoms with van der Waals surface area (Å²) in [4.78, 5) is 20.9. The normalized spacial score (nSPS) is 12.0. The molecule has 0 aliphatic rings. The lowest BCUT2D eigenvalue weighted by atomic mass is 10.1. The average Bonchev–Trinajstić information content (AvgIpc) is 2.51. The molecule has 0 aliphatic heterocycles. The van der Waals surface area contributed by atoms with Crippen molar-refractivity contribution in [2.24, 2.45) is 0 Å². The van der Waals surface area contributed by atoms with E-state index in [2.05, 4.69) is 15.3 Å². The minimum atomic E-state index is -0.0131. The Labute approximate surface area is 135 Å². The minimum absolute atomic E-state index is 0.00305. The monoisotopic (exact) mass is 315 g/mol. The van der Waals surface area contributed by atoms with Crippen LogP contribution in [0.25, 0.3) is 0 Å². The van der Waals surface area contributed by atoms with Gasteiger partial charge in [0.05, 0.1) is 11.8 Å². The van der Waals surface area contributed by atoms with E-state index in [0.717, 1.165) is 22.5 Å². The molecule has 0 aliphatic carbocycles. The standard InChI is InChI=1S/C17H21N3OS/c1-11-12(2)19-17(20-13(11)3)22-10-16(21)18-14(4)15-8-6-5-7-9-15/h5-9,14H,10H2,1-4H3,(H,18,21)/t14-/m0/s1. The molecule has 1 aromatic carbocycles. The van der Waals surface area contributed by atoms with Crippen LogP contribution in [0.15, 0.2) is 35.5 Å². The smallest absolute Gasteiger partial charge is 0.230 e. The number of carbonyl (C=O) groups excluding carboxylic acids is 1. The lowest BCUT2D eigenvalue weighted by Crippen LogP contribution is -2.28. The average molecular weight is 315 g/mol. The number of carbonyl (C=O) groups is 1. The van der Waals surface area contributed by atoms with Crippen LogP contribution in [0.5, 0.6) is 0 Å². The van der Waals surface area contributed by atoms with Gasteiger partial charge in [0.25, 0.3) is 0 Å². The van der Waals surface area contributed by atoms with Gasteiger partial charge in [0.1, 0.15) is 0 Å². The summed E-state index contributed by atoms with van der Waals surface area (Å²) in [6.07, 6.45) is 0. The third-order valence-electron chi connectivity index (χ3n) is 3.62.